The maximum absolute atomic E-state index is 13.6. The van der Waals surface area contributed by atoms with Gasteiger partial charge in [-0.2, -0.15) is 10.1 Å². The number of halogens is 1. The van der Waals surface area contributed by atoms with Crippen LogP contribution in [-0.4, -0.2) is 14.9 Å². The summed E-state index contributed by atoms with van der Waals surface area (Å²) in [5.41, 5.74) is 0.923. The number of hydrogen-bond acceptors (Lipinski definition) is 3. The zero-order valence-corrected chi connectivity index (χ0v) is 8.18. The first-order valence-electron chi connectivity index (χ1n) is 3.92. The van der Waals surface area contributed by atoms with Crippen LogP contribution >= 0.6 is 12.2 Å². The quantitative estimate of drug-likeness (QED) is 0.531. The zero-order valence-electron chi connectivity index (χ0n) is 7.36. The SMILES string of the molecule is Cn1ncc2c(F)c(N=C=S)ccc21. The van der Waals surface area contributed by atoms with E-state index in [0.29, 0.717) is 5.39 Å². The smallest absolute Gasteiger partial charge is 0.160 e. The molecule has 14 heavy (non-hydrogen) atoms. The summed E-state index contributed by atoms with van der Waals surface area (Å²) >= 11 is 4.42. The highest BCUT2D eigenvalue weighted by Gasteiger charge is 2.08. The van der Waals surface area contributed by atoms with Crippen LogP contribution in [0.1, 0.15) is 0 Å². The van der Waals surface area contributed by atoms with Gasteiger partial charge in [0, 0.05) is 7.05 Å². The molecule has 0 aliphatic rings. The summed E-state index contributed by atoms with van der Waals surface area (Å²) in [6, 6.07) is 3.30. The van der Waals surface area contributed by atoms with Gasteiger partial charge in [0.2, 0.25) is 0 Å². The molecule has 0 bridgehead atoms. The Labute approximate surface area is 84.9 Å². The van der Waals surface area contributed by atoms with Gasteiger partial charge in [0.05, 0.1) is 22.3 Å². The van der Waals surface area contributed by atoms with E-state index >= 15 is 0 Å². The number of thiocarbonyl (C=S) groups is 1. The van der Waals surface area contributed by atoms with E-state index < -0.39 is 5.82 Å². The van der Waals surface area contributed by atoms with Gasteiger partial charge >= 0.3 is 0 Å². The van der Waals surface area contributed by atoms with Crippen molar-refractivity contribution in [1.29, 1.82) is 0 Å². The lowest BCUT2D eigenvalue weighted by Crippen LogP contribution is -1.88. The molecule has 70 valence electrons. The molecule has 0 unspecified atom stereocenters. The Morgan fingerprint density at radius 2 is 2.36 bits per heavy atom. The largest absolute Gasteiger partial charge is 0.268 e. The van der Waals surface area contributed by atoms with Gasteiger partial charge in [-0.15, -0.1) is 0 Å². The van der Waals surface area contributed by atoms with E-state index in [9.17, 15) is 4.39 Å². The fourth-order valence-electron chi connectivity index (χ4n) is 1.32. The topological polar surface area (TPSA) is 30.2 Å². The maximum Gasteiger partial charge on any atom is 0.160 e. The number of aromatic nitrogens is 2. The number of hydrogen-bond donors (Lipinski definition) is 0. The molecule has 0 spiro atoms. The van der Waals surface area contributed by atoms with E-state index in [-0.39, 0.29) is 5.69 Å². The Hall–Kier alpha value is -1.58. The molecule has 2 aromatic rings. The van der Waals surface area contributed by atoms with Crippen LogP contribution in [0.5, 0.6) is 0 Å². The van der Waals surface area contributed by atoms with Crippen LogP contribution in [0.2, 0.25) is 0 Å². The Bertz CT molecular complexity index is 540. The van der Waals surface area contributed by atoms with Gasteiger partial charge in [0.1, 0.15) is 5.69 Å². The molecule has 1 heterocycles. The lowest BCUT2D eigenvalue weighted by Gasteiger charge is -1.97. The van der Waals surface area contributed by atoms with Crippen molar-refractivity contribution >= 4 is 34.0 Å². The Balaban J connectivity index is 2.82. The number of benzene rings is 1. The average molecular weight is 207 g/mol. The van der Waals surface area contributed by atoms with Crippen molar-refractivity contribution in [2.45, 2.75) is 0 Å². The van der Waals surface area contributed by atoms with Crippen LogP contribution in [0.15, 0.2) is 23.3 Å². The highest BCUT2D eigenvalue weighted by molar-refractivity contribution is 7.78. The molecule has 2 rings (SSSR count). The van der Waals surface area contributed by atoms with Crippen molar-refractivity contribution in [2.24, 2.45) is 12.0 Å². The standard InChI is InChI=1S/C9H6FN3S/c1-13-8-3-2-7(11-5-14)9(10)6(8)4-12-13/h2-4H,1H3. The van der Waals surface area contributed by atoms with E-state index in [0.717, 1.165) is 5.52 Å². The molecular weight excluding hydrogens is 201 g/mol. The molecule has 0 fully saturated rings. The highest BCUT2D eigenvalue weighted by atomic mass is 32.1. The Morgan fingerprint density at radius 3 is 3.07 bits per heavy atom. The maximum atomic E-state index is 13.6. The molecule has 0 aliphatic heterocycles. The molecule has 0 saturated heterocycles. The van der Waals surface area contributed by atoms with Gasteiger partial charge in [-0.25, -0.2) is 4.39 Å². The van der Waals surface area contributed by atoms with Crippen molar-refractivity contribution in [3.63, 3.8) is 0 Å². The highest BCUT2D eigenvalue weighted by Crippen LogP contribution is 2.25. The zero-order chi connectivity index (χ0) is 10.1. The van der Waals surface area contributed by atoms with Crippen molar-refractivity contribution in [1.82, 2.24) is 9.78 Å². The van der Waals surface area contributed by atoms with Gasteiger partial charge in [-0.05, 0) is 24.4 Å². The third-order valence-corrected chi connectivity index (χ3v) is 2.10. The first kappa shape index (κ1) is 8.99. The molecule has 0 aliphatic carbocycles. The van der Waals surface area contributed by atoms with Crippen LogP contribution < -0.4 is 0 Å². The first-order valence-corrected chi connectivity index (χ1v) is 4.33. The van der Waals surface area contributed by atoms with Crippen molar-refractivity contribution in [3.8, 4) is 0 Å². The van der Waals surface area contributed by atoms with Crippen LogP contribution in [0.25, 0.3) is 10.9 Å². The van der Waals surface area contributed by atoms with Gasteiger partial charge in [-0.1, -0.05) is 0 Å². The second kappa shape index (κ2) is 3.29. The van der Waals surface area contributed by atoms with E-state index in [4.69, 9.17) is 0 Å². The number of aryl methyl sites for hydroxylation is 1. The van der Waals surface area contributed by atoms with Gasteiger partial charge < -0.3 is 0 Å². The van der Waals surface area contributed by atoms with Gasteiger partial charge in [0.25, 0.3) is 0 Å². The van der Waals surface area contributed by atoms with Crippen LogP contribution in [0.4, 0.5) is 10.1 Å². The first-order chi connectivity index (χ1) is 6.74. The fourth-order valence-corrected chi connectivity index (χ4v) is 1.42. The number of fused-ring (bicyclic) bond motifs is 1. The molecule has 0 amide bonds. The molecule has 5 heteroatoms. The summed E-state index contributed by atoms with van der Waals surface area (Å²) < 4.78 is 15.2. The minimum atomic E-state index is -0.409. The van der Waals surface area contributed by atoms with Crippen LogP contribution in [0.3, 0.4) is 0 Å². The normalized spacial score (nSPS) is 10.1. The number of aliphatic imine (C=N–C) groups is 1. The van der Waals surface area contributed by atoms with E-state index in [2.05, 4.69) is 27.5 Å². The third-order valence-electron chi connectivity index (χ3n) is 2.01. The Morgan fingerprint density at radius 1 is 1.57 bits per heavy atom. The summed E-state index contributed by atoms with van der Waals surface area (Å²) in [6.45, 7) is 0. The number of isothiocyanates is 1. The summed E-state index contributed by atoms with van der Waals surface area (Å²) in [6.07, 6.45) is 1.47. The Kier molecular flexibility index (Phi) is 2.11. The molecular formula is C9H6FN3S. The minimum absolute atomic E-state index is 0.195. The van der Waals surface area contributed by atoms with E-state index in [1.54, 1.807) is 23.9 Å². The molecule has 1 aromatic carbocycles. The summed E-state index contributed by atoms with van der Waals surface area (Å²) in [4.78, 5) is 3.62. The summed E-state index contributed by atoms with van der Waals surface area (Å²) in [5.74, 6) is -0.409. The second-order valence-corrected chi connectivity index (χ2v) is 2.99. The molecule has 0 radical (unpaired) electrons. The van der Waals surface area contributed by atoms with Crippen LogP contribution in [-0.2, 0) is 7.05 Å². The van der Waals surface area contributed by atoms with E-state index in [1.165, 1.54) is 6.20 Å². The molecule has 0 saturated carbocycles. The molecule has 1 aromatic heterocycles. The van der Waals surface area contributed by atoms with Crippen LogP contribution in [0, 0.1) is 5.82 Å². The minimum Gasteiger partial charge on any atom is -0.268 e. The third kappa shape index (κ3) is 1.23. The number of nitrogens with zero attached hydrogens (tertiary/aromatic N) is 3. The number of rotatable bonds is 1. The van der Waals surface area contributed by atoms with Crippen molar-refractivity contribution in [3.05, 3.63) is 24.1 Å². The summed E-state index contributed by atoms with van der Waals surface area (Å²) in [7, 11) is 1.75. The van der Waals surface area contributed by atoms with Gasteiger partial charge in [0.15, 0.2) is 5.82 Å². The van der Waals surface area contributed by atoms with E-state index in [1.807, 2.05) is 0 Å². The molecule has 0 N–H and O–H groups in total. The molecule has 0 atom stereocenters. The lowest BCUT2D eigenvalue weighted by atomic mass is 10.2. The van der Waals surface area contributed by atoms with Crippen molar-refractivity contribution < 1.29 is 4.39 Å². The lowest BCUT2D eigenvalue weighted by molar-refractivity contribution is 0.642. The molecule has 3 nitrogen and oxygen atoms in total. The monoisotopic (exact) mass is 207 g/mol. The predicted molar refractivity (Wildman–Crippen MR) is 55.4 cm³/mol. The van der Waals surface area contributed by atoms with Crippen molar-refractivity contribution in [2.75, 3.05) is 0 Å². The second-order valence-electron chi connectivity index (χ2n) is 2.80. The average Bonchev–Trinajstić information content (AvgIpc) is 2.54. The predicted octanol–water partition coefficient (Wildman–Crippen LogP) is 2.45. The van der Waals surface area contributed by atoms with Gasteiger partial charge in [-0.3, -0.25) is 4.68 Å². The summed E-state index contributed by atoms with van der Waals surface area (Å²) in [5, 5.41) is 6.53. The fraction of sp³-hybridized carbons (Fsp3) is 0.111.